The standard InChI is InChI=1S/C26H36N2O2S/c1-5-21(4)27-26(30)24(6-2)28(16-15-22-12-8-7-9-13-22)25(29)19-31-18-23-14-10-11-20(3)17-23/h7-14,17,21,24H,5-6,15-16,18-19H2,1-4H3,(H,27,30)/t21-,24-/m1/s1. The van der Waals surface area contributed by atoms with Crippen LogP contribution < -0.4 is 5.32 Å². The number of rotatable bonds is 12. The SMILES string of the molecule is CC[C@@H](C)NC(=O)[C@@H](CC)N(CCc1ccccc1)C(=O)CSCc1cccc(C)c1. The molecule has 2 atom stereocenters. The molecule has 1 N–H and O–H groups in total. The Labute approximate surface area is 191 Å². The smallest absolute Gasteiger partial charge is 0.243 e. The van der Waals surface area contributed by atoms with Crippen LogP contribution in [0.25, 0.3) is 0 Å². The second-order valence-corrected chi connectivity index (χ2v) is 9.03. The van der Waals surface area contributed by atoms with Gasteiger partial charge in [-0.05, 0) is 44.2 Å². The molecule has 0 radical (unpaired) electrons. The Hall–Kier alpha value is -2.27. The number of hydrogen-bond acceptors (Lipinski definition) is 3. The van der Waals surface area contributed by atoms with Crippen molar-refractivity contribution in [2.45, 2.75) is 64.8 Å². The van der Waals surface area contributed by atoms with E-state index in [1.165, 1.54) is 16.7 Å². The third-order valence-corrected chi connectivity index (χ3v) is 6.44. The summed E-state index contributed by atoms with van der Waals surface area (Å²) >= 11 is 1.61. The van der Waals surface area contributed by atoms with Gasteiger partial charge >= 0.3 is 0 Å². The van der Waals surface area contributed by atoms with Crippen LogP contribution in [0.2, 0.25) is 0 Å². The van der Waals surface area contributed by atoms with Gasteiger partial charge < -0.3 is 10.2 Å². The predicted octanol–water partition coefficient (Wildman–Crippen LogP) is 4.99. The van der Waals surface area contributed by atoms with E-state index in [2.05, 4.69) is 42.6 Å². The molecule has 2 aromatic carbocycles. The molecule has 31 heavy (non-hydrogen) atoms. The van der Waals surface area contributed by atoms with Gasteiger partial charge in [0.15, 0.2) is 0 Å². The third-order valence-electron chi connectivity index (χ3n) is 5.45. The molecule has 0 spiro atoms. The minimum absolute atomic E-state index is 0.0275. The van der Waals surface area contributed by atoms with Gasteiger partial charge in [-0.1, -0.05) is 74.0 Å². The predicted molar refractivity (Wildman–Crippen MR) is 131 cm³/mol. The molecule has 168 valence electrons. The molecule has 0 aromatic heterocycles. The zero-order chi connectivity index (χ0) is 22.6. The van der Waals surface area contributed by atoms with E-state index >= 15 is 0 Å². The van der Waals surface area contributed by atoms with Crippen molar-refractivity contribution in [3.63, 3.8) is 0 Å². The average molecular weight is 441 g/mol. The Bertz CT molecular complexity index is 825. The average Bonchev–Trinajstić information content (AvgIpc) is 2.77. The summed E-state index contributed by atoms with van der Waals surface area (Å²) in [6, 6.07) is 18.2. The molecule has 0 bridgehead atoms. The zero-order valence-corrected chi connectivity index (χ0v) is 20.1. The Balaban J connectivity index is 2.06. The minimum atomic E-state index is -0.440. The quantitative estimate of drug-likeness (QED) is 0.506. The van der Waals surface area contributed by atoms with Crippen LogP contribution in [0.15, 0.2) is 54.6 Å². The Kier molecular flexibility index (Phi) is 10.6. The van der Waals surface area contributed by atoms with Crippen LogP contribution in [-0.2, 0) is 21.8 Å². The molecule has 0 aliphatic heterocycles. The molecule has 0 saturated carbocycles. The number of nitrogens with one attached hydrogen (secondary N) is 1. The second kappa shape index (κ2) is 13.2. The van der Waals surface area contributed by atoms with E-state index in [0.717, 1.165) is 18.6 Å². The van der Waals surface area contributed by atoms with Gasteiger partial charge in [0.1, 0.15) is 6.04 Å². The van der Waals surface area contributed by atoms with Crippen molar-refractivity contribution >= 4 is 23.6 Å². The molecule has 5 heteroatoms. The van der Waals surface area contributed by atoms with Gasteiger partial charge in [0.25, 0.3) is 0 Å². The molecule has 0 unspecified atom stereocenters. The maximum atomic E-state index is 13.2. The number of amides is 2. The van der Waals surface area contributed by atoms with E-state index in [0.29, 0.717) is 18.7 Å². The van der Waals surface area contributed by atoms with Gasteiger partial charge in [0.2, 0.25) is 11.8 Å². The lowest BCUT2D eigenvalue weighted by atomic mass is 10.1. The molecule has 0 heterocycles. The maximum Gasteiger partial charge on any atom is 0.243 e. The number of benzene rings is 2. The van der Waals surface area contributed by atoms with E-state index in [1.54, 1.807) is 16.7 Å². The van der Waals surface area contributed by atoms with Gasteiger partial charge in [-0.3, -0.25) is 9.59 Å². The van der Waals surface area contributed by atoms with E-state index in [4.69, 9.17) is 0 Å². The normalized spacial score (nSPS) is 12.8. The molecule has 4 nitrogen and oxygen atoms in total. The number of aryl methyl sites for hydroxylation is 1. The van der Waals surface area contributed by atoms with Gasteiger partial charge in [0, 0.05) is 18.3 Å². The highest BCUT2D eigenvalue weighted by atomic mass is 32.2. The van der Waals surface area contributed by atoms with Crippen LogP contribution in [0, 0.1) is 6.92 Å². The van der Waals surface area contributed by atoms with E-state index < -0.39 is 6.04 Å². The van der Waals surface area contributed by atoms with Crippen molar-refractivity contribution < 1.29 is 9.59 Å². The summed E-state index contributed by atoms with van der Waals surface area (Å²) < 4.78 is 0. The van der Waals surface area contributed by atoms with Gasteiger partial charge in [-0.25, -0.2) is 0 Å². The fourth-order valence-electron chi connectivity index (χ4n) is 3.48. The van der Waals surface area contributed by atoms with Crippen LogP contribution in [-0.4, -0.2) is 41.1 Å². The van der Waals surface area contributed by atoms with Crippen molar-refractivity contribution in [2.24, 2.45) is 0 Å². The molecule has 2 aromatic rings. The number of nitrogens with zero attached hydrogens (tertiary/aromatic N) is 1. The van der Waals surface area contributed by atoms with Crippen LogP contribution in [0.1, 0.15) is 50.3 Å². The first-order valence-electron chi connectivity index (χ1n) is 11.2. The molecule has 0 aliphatic rings. The van der Waals surface area contributed by atoms with Gasteiger partial charge in [-0.15, -0.1) is 11.8 Å². The molecule has 2 rings (SSSR count). The van der Waals surface area contributed by atoms with Crippen molar-refractivity contribution in [2.75, 3.05) is 12.3 Å². The summed E-state index contributed by atoms with van der Waals surface area (Å²) in [5.41, 5.74) is 3.61. The van der Waals surface area contributed by atoms with Crippen molar-refractivity contribution in [3.8, 4) is 0 Å². The van der Waals surface area contributed by atoms with Crippen LogP contribution in [0.4, 0.5) is 0 Å². The first-order chi connectivity index (χ1) is 14.9. The molecule has 0 aliphatic carbocycles. The van der Waals surface area contributed by atoms with Crippen LogP contribution in [0.5, 0.6) is 0 Å². The number of carbonyl (C=O) groups is 2. The topological polar surface area (TPSA) is 49.4 Å². The number of hydrogen-bond donors (Lipinski definition) is 1. The third kappa shape index (κ3) is 8.41. The highest BCUT2D eigenvalue weighted by molar-refractivity contribution is 7.99. The zero-order valence-electron chi connectivity index (χ0n) is 19.3. The maximum absolute atomic E-state index is 13.2. The monoisotopic (exact) mass is 440 g/mol. The molecule has 2 amide bonds. The van der Waals surface area contributed by atoms with E-state index in [1.807, 2.05) is 45.0 Å². The van der Waals surface area contributed by atoms with E-state index in [9.17, 15) is 9.59 Å². The van der Waals surface area contributed by atoms with E-state index in [-0.39, 0.29) is 17.9 Å². The lowest BCUT2D eigenvalue weighted by molar-refractivity contribution is -0.139. The molecule has 0 fully saturated rings. The first-order valence-corrected chi connectivity index (χ1v) is 12.4. The summed E-state index contributed by atoms with van der Waals surface area (Å²) in [6.07, 6.45) is 2.21. The van der Waals surface area contributed by atoms with Crippen LogP contribution >= 0.6 is 11.8 Å². The second-order valence-electron chi connectivity index (χ2n) is 8.05. The molecular formula is C26H36N2O2S. The van der Waals surface area contributed by atoms with Gasteiger partial charge in [0.05, 0.1) is 5.75 Å². The minimum Gasteiger partial charge on any atom is -0.352 e. The van der Waals surface area contributed by atoms with Crippen molar-refractivity contribution in [1.29, 1.82) is 0 Å². The summed E-state index contributed by atoms with van der Waals surface area (Å²) in [7, 11) is 0. The number of thioether (sulfide) groups is 1. The lowest BCUT2D eigenvalue weighted by Crippen LogP contribution is -2.52. The summed E-state index contributed by atoms with van der Waals surface area (Å²) in [4.78, 5) is 27.9. The fraction of sp³-hybridized carbons (Fsp3) is 0.462. The lowest BCUT2D eigenvalue weighted by Gasteiger charge is -2.31. The van der Waals surface area contributed by atoms with Crippen LogP contribution in [0.3, 0.4) is 0 Å². The highest BCUT2D eigenvalue weighted by Crippen LogP contribution is 2.17. The summed E-state index contributed by atoms with van der Waals surface area (Å²) in [5, 5.41) is 3.06. The summed E-state index contributed by atoms with van der Waals surface area (Å²) in [6.45, 7) is 8.64. The largest absolute Gasteiger partial charge is 0.352 e. The first kappa shape index (κ1) is 25.0. The Morgan fingerprint density at radius 2 is 1.71 bits per heavy atom. The molecule has 0 saturated heterocycles. The van der Waals surface area contributed by atoms with Crippen molar-refractivity contribution in [3.05, 3.63) is 71.3 Å². The summed E-state index contributed by atoms with van der Waals surface area (Å²) in [5.74, 6) is 1.13. The van der Waals surface area contributed by atoms with Crippen molar-refractivity contribution in [1.82, 2.24) is 10.2 Å². The Morgan fingerprint density at radius 3 is 2.35 bits per heavy atom. The van der Waals surface area contributed by atoms with Gasteiger partial charge in [-0.2, -0.15) is 0 Å². The molecular weight excluding hydrogens is 404 g/mol. The Morgan fingerprint density at radius 1 is 1.00 bits per heavy atom. The fourth-order valence-corrected chi connectivity index (χ4v) is 4.34. The number of carbonyl (C=O) groups excluding carboxylic acids is 2. The highest BCUT2D eigenvalue weighted by Gasteiger charge is 2.28.